The fraction of sp³-hybridized carbons (Fsp3) is 0.270. The molecule has 3 aromatic carbocycles. The molecule has 0 unspecified atom stereocenters. The SMILES string of the molecule is CCN(CC)C(=O)C1=C(C)N=c2s/c(=C/c3cc(C)n(-c4ccc(C)cc4)c3C)c(=O)n2[C@H]1c1c(OC)ccc2ccccc12. The quantitative estimate of drug-likeness (QED) is 0.225. The largest absolute Gasteiger partial charge is 0.496 e. The lowest BCUT2D eigenvalue weighted by Gasteiger charge is -2.30. The highest BCUT2D eigenvalue weighted by atomic mass is 32.1. The first kappa shape index (κ1) is 30.3. The number of carbonyl (C=O) groups excluding carboxylic acids is 1. The van der Waals surface area contributed by atoms with Gasteiger partial charge in [0, 0.05) is 35.7 Å². The summed E-state index contributed by atoms with van der Waals surface area (Å²) in [6.45, 7) is 13.1. The minimum absolute atomic E-state index is 0.128. The van der Waals surface area contributed by atoms with Crippen molar-refractivity contribution in [3.8, 4) is 11.4 Å². The maximum atomic E-state index is 14.5. The molecule has 0 bridgehead atoms. The molecule has 0 saturated heterocycles. The highest BCUT2D eigenvalue weighted by molar-refractivity contribution is 7.07. The van der Waals surface area contributed by atoms with Crippen molar-refractivity contribution < 1.29 is 9.53 Å². The number of ether oxygens (including phenoxy) is 1. The Balaban J connectivity index is 1.61. The molecule has 1 aliphatic rings. The molecule has 0 fully saturated rings. The summed E-state index contributed by atoms with van der Waals surface area (Å²) in [5.41, 5.74) is 7.07. The van der Waals surface area contributed by atoms with Gasteiger partial charge in [0.05, 0.1) is 22.9 Å². The summed E-state index contributed by atoms with van der Waals surface area (Å²) in [4.78, 5) is 35.9. The first-order chi connectivity index (χ1) is 21.7. The molecule has 7 nitrogen and oxygen atoms in total. The highest BCUT2D eigenvalue weighted by Gasteiger charge is 2.36. The van der Waals surface area contributed by atoms with Gasteiger partial charge in [-0.1, -0.05) is 59.4 Å². The minimum atomic E-state index is -0.711. The molecule has 3 heterocycles. The number of hydrogen-bond donors (Lipinski definition) is 0. The van der Waals surface area contributed by atoms with E-state index in [1.165, 1.54) is 16.9 Å². The van der Waals surface area contributed by atoms with E-state index < -0.39 is 6.04 Å². The maximum Gasteiger partial charge on any atom is 0.271 e. The molecular weight excluding hydrogens is 580 g/mol. The van der Waals surface area contributed by atoms with Crippen molar-refractivity contribution in [2.24, 2.45) is 4.99 Å². The Morgan fingerprint density at radius 2 is 1.71 bits per heavy atom. The highest BCUT2D eigenvalue weighted by Crippen LogP contribution is 2.40. The molecule has 1 amide bonds. The van der Waals surface area contributed by atoms with Crippen LogP contribution in [-0.2, 0) is 4.79 Å². The maximum absolute atomic E-state index is 14.5. The number of fused-ring (bicyclic) bond motifs is 2. The lowest BCUT2D eigenvalue weighted by molar-refractivity contribution is -0.127. The van der Waals surface area contributed by atoms with Crippen LogP contribution in [0.5, 0.6) is 5.75 Å². The van der Waals surface area contributed by atoms with E-state index in [-0.39, 0.29) is 11.5 Å². The minimum Gasteiger partial charge on any atom is -0.496 e. The van der Waals surface area contributed by atoms with Crippen LogP contribution in [0.1, 0.15) is 54.9 Å². The number of aromatic nitrogens is 2. The predicted molar refractivity (Wildman–Crippen MR) is 182 cm³/mol. The molecule has 6 rings (SSSR count). The molecular formula is C37H38N4O3S. The summed E-state index contributed by atoms with van der Waals surface area (Å²) in [7, 11) is 1.63. The number of thiazole rings is 1. The summed E-state index contributed by atoms with van der Waals surface area (Å²) >= 11 is 1.35. The van der Waals surface area contributed by atoms with Crippen LogP contribution in [0.15, 0.2) is 87.8 Å². The Morgan fingerprint density at radius 1 is 1.00 bits per heavy atom. The Hall–Kier alpha value is -4.69. The van der Waals surface area contributed by atoms with Gasteiger partial charge in [0.25, 0.3) is 11.5 Å². The van der Waals surface area contributed by atoms with Crippen molar-refractivity contribution >= 4 is 34.1 Å². The second kappa shape index (κ2) is 12.0. The molecule has 2 aromatic heterocycles. The number of nitrogens with zero attached hydrogens (tertiary/aromatic N) is 4. The monoisotopic (exact) mass is 618 g/mol. The Morgan fingerprint density at radius 3 is 2.40 bits per heavy atom. The normalized spacial score (nSPS) is 14.9. The van der Waals surface area contributed by atoms with Gasteiger partial charge in [-0.25, -0.2) is 4.99 Å². The standard InChI is InChI=1S/C37H38N4O3S/c1-8-39(9-2)36(43)32-24(5)38-37-41(34(32)33-29-13-11-10-12-26(29)16-19-30(33)44-7)35(42)31(45-37)21-27-20-23(4)40(25(27)6)28-17-14-22(3)15-18-28/h10-21,34H,8-9H2,1-7H3/b31-21+/t34-/m1/s1. The number of amides is 1. The molecule has 230 valence electrons. The van der Waals surface area contributed by atoms with E-state index in [1.807, 2.05) is 63.2 Å². The van der Waals surface area contributed by atoms with Crippen molar-refractivity contribution in [2.75, 3.05) is 20.2 Å². The molecule has 0 spiro atoms. The average Bonchev–Trinajstić information content (AvgIpc) is 3.49. The topological polar surface area (TPSA) is 68.8 Å². The van der Waals surface area contributed by atoms with Crippen molar-refractivity contribution in [3.05, 3.63) is 126 Å². The molecule has 5 aromatic rings. The number of benzene rings is 3. The Labute approximate surface area is 267 Å². The molecule has 0 aliphatic carbocycles. The number of methoxy groups -OCH3 is 1. The molecule has 1 atom stereocenters. The van der Waals surface area contributed by atoms with Gasteiger partial charge in [-0.15, -0.1) is 0 Å². The first-order valence-electron chi connectivity index (χ1n) is 15.3. The Kier molecular flexibility index (Phi) is 8.10. The van der Waals surface area contributed by atoms with Crippen molar-refractivity contribution in [2.45, 2.75) is 47.6 Å². The van der Waals surface area contributed by atoms with E-state index in [9.17, 15) is 9.59 Å². The summed E-state index contributed by atoms with van der Waals surface area (Å²) in [5.74, 6) is 0.492. The molecule has 0 radical (unpaired) electrons. The number of carbonyl (C=O) groups is 1. The summed E-state index contributed by atoms with van der Waals surface area (Å²) < 4.78 is 10.4. The fourth-order valence-electron chi connectivity index (χ4n) is 6.45. The van der Waals surface area contributed by atoms with Crippen LogP contribution in [-0.4, -0.2) is 40.1 Å². The summed E-state index contributed by atoms with van der Waals surface area (Å²) in [6.07, 6.45) is 1.96. The summed E-state index contributed by atoms with van der Waals surface area (Å²) in [6, 6.07) is 21.8. The zero-order valence-corrected chi connectivity index (χ0v) is 27.7. The number of aryl methyl sites for hydroxylation is 2. The third-order valence-electron chi connectivity index (χ3n) is 8.78. The van der Waals surface area contributed by atoms with Crippen molar-refractivity contribution in [1.82, 2.24) is 14.0 Å². The van der Waals surface area contributed by atoms with Crippen LogP contribution in [0, 0.1) is 20.8 Å². The van der Waals surface area contributed by atoms with Gasteiger partial charge in [0.1, 0.15) is 11.8 Å². The van der Waals surface area contributed by atoms with Gasteiger partial charge in [0.15, 0.2) is 4.80 Å². The number of rotatable bonds is 7. The van der Waals surface area contributed by atoms with Crippen molar-refractivity contribution in [3.63, 3.8) is 0 Å². The van der Waals surface area contributed by atoms with Gasteiger partial charge in [0.2, 0.25) is 0 Å². The molecule has 0 saturated carbocycles. The number of likely N-dealkylation sites (N-methyl/N-ethyl adjacent to an activating group) is 1. The van der Waals surface area contributed by atoms with E-state index in [4.69, 9.17) is 9.73 Å². The van der Waals surface area contributed by atoms with E-state index in [1.54, 1.807) is 16.6 Å². The fourth-order valence-corrected chi connectivity index (χ4v) is 7.49. The lowest BCUT2D eigenvalue weighted by Crippen LogP contribution is -2.43. The predicted octanol–water partition coefficient (Wildman–Crippen LogP) is 5.98. The third kappa shape index (κ3) is 5.13. The Bertz CT molecular complexity index is 2160. The molecule has 0 N–H and O–H groups in total. The lowest BCUT2D eigenvalue weighted by atomic mass is 9.90. The van der Waals surface area contributed by atoms with Crippen molar-refractivity contribution in [1.29, 1.82) is 0 Å². The van der Waals surface area contributed by atoms with Gasteiger partial charge < -0.3 is 14.2 Å². The van der Waals surface area contributed by atoms with E-state index in [2.05, 4.69) is 55.7 Å². The smallest absolute Gasteiger partial charge is 0.271 e. The van der Waals surface area contributed by atoms with Gasteiger partial charge in [-0.05, 0) is 88.2 Å². The zero-order valence-electron chi connectivity index (χ0n) is 26.8. The van der Waals surface area contributed by atoms with Crippen LogP contribution in [0.4, 0.5) is 0 Å². The van der Waals surface area contributed by atoms with E-state index in [0.717, 1.165) is 39.0 Å². The van der Waals surface area contributed by atoms with Gasteiger partial charge >= 0.3 is 0 Å². The number of allylic oxidation sites excluding steroid dienone is 1. The molecule has 1 aliphatic heterocycles. The third-order valence-corrected chi connectivity index (χ3v) is 9.76. The molecule has 45 heavy (non-hydrogen) atoms. The second-order valence-corrected chi connectivity index (χ2v) is 12.5. The van der Waals surface area contributed by atoms with Gasteiger partial charge in [-0.2, -0.15) is 0 Å². The molecule has 8 heteroatoms. The van der Waals surface area contributed by atoms with E-state index in [0.29, 0.717) is 39.4 Å². The van der Waals surface area contributed by atoms with Crippen LogP contribution in [0.2, 0.25) is 0 Å². The van der Waals surface area contributed by atoms with Crippen LogP contribution < -0.4 is 19.6 Å². The zero-order chi connectivity index (χ0) is 32.0. The average molecular weight is 619 g/mol. The summed E-state index contributed by atoms with van der Waals surface area (Å²) in [5, 5.41) is 1.93. The van der Waals surface area contributed by atoms with Gasteiger partial charge in [-0.3, -0.25) is 14.2 Å². The van der Waals surface area contributed by atoms with E-state index >= 15 is 0 Å². The van der Waals surface area contributed by atoms with Crippen LogP contribution in [0.3, 0.4) is 0 Å². The first-order valence-corrected chi connectivity index (χ1v) is 16.1. The van der Waals surface area contributed by atoms with Crippen LogP contribution in [0.25, 0.3) is 22.5 Å². The second-order valence-electron chi connectivity index (χ2n) is 11.5. The number of hydrogen-bond acceptors (Lipinski definition) is 5. The van der Waals surface area contributed by atoms with Crippen LogP contribution >= 0.6 is 11.3 Å².